The normalized spacial score (nSPS) is 27.7. The van der Waals surface area contributed by atoms with Crippen LogP contribution in [0.2, 0.25) is 0 Å². The first-order valence-corrected chi connectivity index (χ1v) is 37.1. The molecule has 0 aliphatic carbocycles. The summed E-state index contributed by atoms with van der Waals surface area (Å²) >= 11 is 0. The standard InChI is InChI=1S/C77H131NO18/c1-3-5-7-9-11-13-15-16-17-18-19-20-21-22-23-24-25-26-27-28-29-30-31-32-33-34-35-36-37-38-39-40-41-42-43-44-45-47-49-51-53-55-65(83)78-60(61(82)54-52-50-48-46-14-12-10-8-6-4-2)59-91-75-71(89)68(86)73(63(57-80)93-75)96-77-72(90)69(87)74(64(58-81)94-77)95-76-70(88)67(85)66(84)62(56-79)92-76/h5,7,11,13,16-17,19-20,22-23,25-26,28-29,31-32,34-35,60-64,66-77,79-82,84-90H,3-4,6,8-10,12,14-15,18,21,24,27,30,33,36-59H2,1-2H3,(H,78,83)/b7-5-,13-11-,17-16-,20-19-,23-22-,26-25-,29-28-,32-31-,35-34-. The van der Waals surface area contributed by atoms with Crippen LogP contribution in [-0.2, 0) is 33.2 Å². The third-order valence-electron chi connectivity index (χ3n) is 17.9. The molecule has 0 radical (unpaired) electrons. The van der Waals surface area contributed by atoms with Crippen LogP contribution in [0.4, 0.5) is 0 Å². The maximum Gasteiger partial charge on any atom is 0.220 e. The first kappa shape index (κ1) is 86.7. The van der Waals surface area contributed by atoms with Crippen LogP contribution in [0.1, 0.15) is 239 Å². The molecule has 0 aromatic heterocycles. The van der Waals surface area contributed by atoms with Crippen LogP contribution < -0.4 is 5.32 Å². The molecule has 0 spiro atoms. The highest BCUT2D eigenvalue weighted by Gasteiger charge is 2.53. The lowest BCUT2D eigenvalue weighted by Gasteiger charge is -2.48. The first-order valence-electron chi connectivity index (χ1n) is 37.1. The molecule has 552 valence electrons. The fraction of sp³-hybridized carbons (Fsp3) is 0.753. The Bertz CT molecular complexity index is 2160. The van der Waals surface area contributed by atoms with Crippen LogP contribution in [0.15, 0.2) is 109 Å². The Balaban J connectivity index is 1.28. The van der Waals surface area contributed by atoms with Gasteiger partial charge in [-0.3, -0.25) is 4.79 Å². The summed E-state index contributed by atoms with van der Waals surface area (Å²) in [4.78, 5) is 13.4. The van der Waals surface area contributed by atoms with Crippen molar-refractivity contribution in [1.29, 1.82) is 0 Å². The van der Waals surface area contributed by atoms with Crippen molar-refractivity contribution in [2.24, 2.45) is 0 Å². The number of ether oxygens (including phenoxy) is 6. The summed E-state index contributed by atoms with van der Waals surface area (Å²) in [6, 6.07) is -0.892. The van der Waals surface area contributed by atoms with Crippen LogP contribution in [0.25, 0.3) is 0 Å². The van der Waals surface area contributed by atoms with E-state index in [1.165, 1.54) is 96.3 Å². The van der Waals surface area contributed by atoms with Crippen molar-refractivity contribution in [2.75, 3.05) is 26.4 Å². The van der Waals surface area contributed by atoms with E-state index in [-0.39, 0.29) is 18.9 Å². The van der Waals surface area contributed by atoms with Crippen LogP contribution in [0.5, 0.6) is 0 Å². The summed E-state index contributed by atoms with van der Waals surface area (Å²) in [6.45, 7) is 1.64. The molecule has 12 N–H and O–H groups in total. The molecule has 3 rings (SSSR count). The quantitative estimate of drug-likeness (QED) is 0.0199. The van der Waals surface area contributed by atoms with E-state index >= 15 is 0 Å². The number of hydrogen-bond acceptors (Lipinski definition) is 18. The fourth-order valence-electron chi connectivity index (χ4n) is 11.9. The van der Waals surface area contributed by atoms with E-state index in [1.54, 1.807) is 0 Å². The lowest BCUT2D eigenvalue weighted by Crippen LogP contribution is -2.66. The highest BCUT2D eigenvalue weighted by atomic mass is 16.8. The van der Waals surface area contributed by atoms with Crippen LogP contribution in [0.3, 0.4) is 0 Å². The second-order valence-electron chi connectivity index (χ2n) is 26.0. The number of carbonyl (C=O) groups excluding carboxylic acids is 1. The minimum Gasteiger partial charge on any atom is -0.394 e. The van der Waals surface area contributed by atoms with E-state index in [9.17, 15) is 61.0 Å². The van der Waals surface area contributed by atoms with E-state index in [1.807, 2.05) is 0 Å². The zero-order valence-corrected chi connectivity index (χ0v) is 58.6. The summed E-state index contributed by atoms with van der Waals surface area (Å²) in [5, 5.41) is 120. The molecule has 3 aliphatic heterocycles. The molecule has 3 fully saturated rings. The molecular formula is C77H131NO18. The van der Waals surface area contributed by atoms with Crippen LogP contribution >= 0.6 is 0 Å². The third-order valence-corrected chi connectivity index (χ3v) is 17.9. The minimum absolute atomic E-state index is 0.250. The largest absolute Gasteiger partial charge is 0.394 e. The van der Waals surface area contributed by atoms with E-state index < -0.39 is 124 Å². The van der Waals surface area contributed by atoms with Gasteiger partial charge in [-0.15, -0.1) is 0 Å². The van der Waals surface area contributed by atoms with Gasteiger partial charge < -0.3 is 89.9 Å². The first-order chi connectivity index (χ1) is 46.8. The highest BCUT2D eigenvalue weighted by molar-refractivity contribution is 5.76. The van der Waals surface area contributed by atoms with Crippen molar-refractivity contribution in [2.45, 2.75) is 343 Å². The molecule has 3 aliphatic rings. The monoisotopic (exact) mass is 1360 g/mol. The van der Waals surface area contributed by atoms with Gasteiger partial charge in [0, 0.05) is 6.42 Å². The van der Waals surface area contributed by atoms with E-state index in [4.69, 9.17) is 28.4 Å². The number of allylic oxidation sites excluding steroid dienone is 18. The second kappa shape index (κ2) is 57.1. The molecule has 17 unspecified atom stereocenters. The molecule has 0 aromatic carbocycles. The van der Waals surface area contributed by atoms with Crippen molar-refractivity contribution in [1.82, 2.24) is 5.32 Å². The Kier molecular flexibility index (Phi) is 51.6. The predicted octanol–water partition coefficient (Wildman–Crippen LogP) is 11.0. The maximum atomic E-state index is 13.4. The van der Waals surface area contributed by atoms with Gasteiger partial charge in [0.25, 0.3) is 0 Å². The van der Waals surface area contributed by atoms with Crippen molar-refractivity contribution in [3.05, 3.63) is 109 Å². The Morgan fingerprint density at radius 3 is 1.12 bits per heavy atom. The number of amides is 1. The van der Waals surface area contributed by atoms with Crippen molar-refractivity contribution >= 4 is 5.91 Å². The smallest absolute Gasteiger partial charge is 0.220 e. The summed E-state index contributed by atoms with van der Waals surface area (Å²) in [5.74, 6) is -0.250. The Hall–Kier alpha value is -3.55. The molecule has 0 bridgehead atoms. The third kappa shape index (κ3) is 37.8. The predicted molar refractivity (Wildman–Crippen MR) is 378 cm³/mol. The summed E-state index contributed by atoms with van der Waals surface area (Å²) in [7, 11) is 0. The van der Waals surface area contributed by atoms with Gasteiger partial charge in [0.05, 0.1) is 38.6 Å². The average Bonchev–Trinajstić information content (AvgIpc) is 0.849. The lowest BCUT2D eigenvalue weighted by molar-refractivity contribution is -0.379. The molecule has 17 atom stereocenters. The lowest BCUT2D eigenvalue weighted by atomic mass is 9.96. The van der Waals surface area contributed by atoms with Gasteiger partial charge in [-0.05, 0) is 83.5 Å². The van der Waals surface area contributed by atoms with Gasteiger partial charge >= 0.3 is 0 Å². The fourth-order valence-corrected chi connectivity index (χ4v) is 11.9. The Labute approximate surface area is 576 Å². The van der Waals surface area contributed by atoms with E-state index in [0.29, 0.717) is 12.8 Å². The van der Waals surface area contributed by atoms with E-state index in [2.05, 4.69) is 129 Å². The summed E-state index contributed by atoms with van der Waals surface area (Å²) < 4.78 is 34.3. The highest BCUT2D eigenvalue weighted by Crippen LogP contribution is 2.33. The Morgan fingerprint density at radius 2 is 0.719 bits per heavy atom. The molecule has 3 saturated heterocycles. The number of aliphatic hydroxyl groups excluding tert-OH is 11. The molecular weight excluding hydrogens is 1230 g/mol. The average molecular weight is 1360 g/mol. The van der Waals surface area contributed by atoms with Crippen LogP contribution in [-0.4, -0.2) is 193 Å². The number of hydrogen-bond donors (Lipinski definition) is 12. The molecule has 1 amide bonds. The van der Waals surface area contributed by atoms with Gasteiger partial charge in [-0.2, -0.15) is 0 Å². The maximum absolute atomic E-state index is 13.4. The molecule has 19 heteroatoms. The van der Waals surface area contributed by atoms with Crippen LogP contribution in [0, 0.1) is 0 Å². The van der Waals surface area contributed by atoms with E-state index in [0.717, 1.165) is 109 Å². The number of aliphatic hydroxyl groups is 11. The SMILES string of the molecule is CC/C=C\C/C=C\C/C=C\C/C=C\C/C=C\C/C=C\C/C=C\C/C=C\C/C=C\CCCCCCCCCCCCCCCC(=O)NC(COC1OC(CO)C(OC2OC(CO)C(OC3OC(CO)C(O)C(O)C3O)C(O)C2O)C(O)C1O)C(O)CCCCCCCCCCCC. The molecule has 0 aromatic rings. The van der Waals surface area contributed by atoms with Gasteiger partial charge in [0.2, 0.25) is 5.91 Å². The number of rotatable bonds is 56. The molecule has 3 heterocycles. The van der Waals surface area contributed by atoms with Gasteiger partial charge in [-0.25, -0.2) is 0 Å². The summed E-state index contributed by atoms with van der Waals surface area (Å²) in [5.41, 5.74) is 0. The minimum atomic E-state index is -1.97. The summed E-state index contributed by atoms with van der Waals surface area (Å²) in [6.07, 6.45) is 50.6. The molecule has 19 nitrogen and oxygen atoms in total. The topological polar surface area (TPSA) is 307 Å². The number of nitrogens with one attached hydrogen (secondary N) is 1. The molecule has 0 saturated carbocycles. The second-order valence-corrected chi connectivity index (χ2v) is 26.0. The van der Waals surface area contributed by atoms with Crippen molar-refractivity contribution in [3.63, 3.8) is 0 Å². The van der Waals surface area contributed by atoms with Gasteiger partial charge in [-0.1, -0.05) is 258 Å². The number of unbranched alkanes of at least 4 members (excludes halogenated alkanes) is 22. The zero-order valence-electron chi connectivity index (χ0n) is 58.6. The Morgan fingerprint density at radius 1 is 0.385 bits per heavy atom. The number of carbonyl (C=O) groups is 1. The van der Waals surface area contributed by atoms with Gasteiger partial charge in [0.1, 0.15) is 73.2 Å². The molecule has 96 heavy (non-hydrogen) atoms. The van der Waals surface area contributed by atoms with Crippen molar-refractivity contribution in [3.8, 4) is 0 Å². The zero-order chi connectivity index (χ0) is 69.6. The van der Waals surface area contributed by atoms with Crippen molar-refractivity contribution < 1.29 is 89.4 Å². The van der Waals surface area contributed by atoms with Gasteiger partial charge in [0.15, 0.2) is 18.9 Å².